The van der Waals surface area contributed by atoms with Crippen molar-refractivity contribution in [2.45, 2.75) is 46.0 Å². The number of carbonyl (C=O) groups is 2. The lowest BCUT2D eigenvalue weighted by Crippen LogP contribution is -2.28. The predicted molar refractivity (Wildman–Crippen MR) is 72.7 cm³/mol. The molecule has 108 valence electrons. The molecule has 1 heterocycles. The maximum Gasteiger partial charge on any atom is 0.312 e. The van der Waals surface area contributed by atoms with Gasteiger partial charge in [0.2, 0.25) is 6.29 Å². The van der Waals surface area contributed by atoms with E-state index in [-0.39, 0.29) is 35.1 Å². The summed E-state index contributed by atoms with van der Waals surface area (Å²) >= 11 is 0. The van der Waals surface area contributed by atoms with E-state index in [4.69, 9.17) is 9.47 Å². The summed E-state index contributed by atoms with van der Waals surface area (Å²) in [6.07, 6.45) is 1.89. The van der Waals surface area contributed by atoms with Gasteiger partial charge in [-0.25, -0.2) is 0 Å². The first-order valence-corrected chi connectivity index (χ1v) is 7.07. The van der Waals surface area contributed by atoms with E-state index in [9.17, 15) is 9.59 Å². The molecule has 0 amide bonds. The molecule has 3 rings (SSSR count). The standard InChI is InChI=1S/C16H20O4/c1-5-6-9-8(2)11(7-10(9)17)19-15-13-12(14(18)20-15)16(13,3)4/h5,11-13,15H,1,6-7H2,2-4H3/t11-,12?,13?,15-/m1/s1. The third-order valence-electron chi connectivity index (χ3n) is 5.00. The number of rotatable bonds is 4. The van der Waals surface area contributed by atoms with E-state index in [2.05, 4.69) is 20.4 Å². The second-order valence-corrected chi connectivity index (χ2v) is 6.54. The number of carbonyl (C=O) groups excluding carboxylic acids is 2. The zero-order valence-electron chi connectivity index (χ0n) is 12.1. The summed E-state index contributed by atoms with van der Waals surface area (Å²) in [4.78, 5) is 23.7. The van der Waals surface area contributed by atoms with Crippen LogP contribution < -0.4 is 0 Å². The topological polar surface area (TPSA) is 52.6 Å². The molecule has 4 atom stereocenters. The molecule has 1 saturated heterocycles. The summed E-state index contributed by atoms with van der Waals surface area (Å²) in [5.41, 5.74) is 1.71. The van der Waals surface area contributed by atoms with Crippen molar-refractivity contribution in [2.75, 3.05) is 0 Å². The van der Waals surface area contributed by atoms with Crippen molar-refractivity contribution < 1.29 is 19.1 Å². The number of fused-ring (bicyclic) bond motifs is 1. The number of ketones is 1. The van der Waals surface area contributed by atoms with Gasteiger partial charge in [0, 0.05) is 17.9 Å². The fourth-order valence-electron chi connectivity index (χ4n) is 3.60. The Morgan fingerprint density at radius 2 is 2.15 bits per heavy atom. The zero-order valence-corrected chi connectivity index (χ0v) is 12.1. The fraction of sp³-hybridized carbons (Fsp3) is 0.625. The Morgan fingerprint density at radius 1 is 1.45 bits per heavy atom. The smallest absolute Gasteiger partial charge is 0.312 e. The van der Waals surface area contributed by atoms with Crippen LogP contribution in [0.5, 0.6) is 0 Å². The van der Waals surface area contributed by atoms with Gasteiger partial charge in [-0.1, -0.05) is 19.9 Å². The summed E-state index contributed by atoms with van der Waals surface area (Å²) in [5, 5.41) is 0. The molecule has 0 aromatic carbocycles. The number of esters is 1. The minimum Gasteiger partial charge on any atom is -0.435 e. The highest BCUT2D eigenvalue weighted by Gasteiger charge is 2.72. The van der Waals surface area contributed by atoms with Gasteiger partial charge >= 0.3 is 5.97 Å². The monoisotopic (exact) mass is 276 g/mol. The quantitative estimate of drug-likeness (QED) is 0.584. The molecule has 4 nitrogen and oxygen atoms in total. The van der Waals surface area contributed by atoms with Crippen LogP contribution in [0.1, 0.15) is 33.6 Å². The van der Waals surface area contributed by atoms with E-state index in [1.165, 1.54) is 0 Å². The molecule has 1 saturated carbocycles. The van der Waals surface area contributed by atoms with E-state index < -0.39 is 6.29 Å². The Labute approximate surface area is 118 Å². The van der Waals surface area contributed by atoms with E-state index in [1.54, 1.807) is 6.08 Å². The predicted octanol–water partition coefficient (Wildman–Crippen LogP) is 2.39. The third-order valence-corrected chi connectivity index (χ3v) is 5.00. The maximum absolute atomic E-state index is 11.9. The molecule has 2 unspecified atom stereocenters. The maximum atomic E-state index is 11.9. The van der Waals surface area contributed by atoms with Gasteiger partial charge in [0.25, 0.3) is 0 Å². The van der Waals surface area contributed by atoms with Gasteiger partial charge in [-0.15, -0.1) is 6.58 Å². The lowest BCUT2D eigenvalue weighted by molar-refractivity contribution is -0.182. The number of ether oxygens (including phenoxy) is 2. The summed E-state index contributed by atoms with van der Waals surface area (Å²) in [6, 6.07) is 0. The first-order chi connectivity index (χ1) is 9.37. The van der Waals surface area contributed by atoms with Gasteiger partial charge in [0.15, 0.2) is 5.78 Å². The lowest BCUT2D eigenvalue weighted by Gasteiger charge is -2.22. The molecule has 4 heteroatoms. The largest absolute Gasteiger partial charge is 0.435 e. The lowest BCUT2D eigenvalue weighted by atomic mass is 10.1. The zero-order chi connectivity index (χ0) is 14.7. The highest BCUT2D eigenvalue weighted by Crippen LogP contribution is 2.65. The molecule has 0 aromatic heterocycles. The van der Waals surface area contributed by atoms with Crippen molar-refractivity contribution in [1.29, 1.82) is 0 Å². The fourth-order valence-corrected chi connectivity index (χ4v) is 3.60. The number of hydrogen-bond donors (Lipinski definition) is 0. The third kappa shape index (κ3) is 1.78. The van der Waals surface area contributed by atoms with Crippen molar-refractivity contribution in [3.63, 3.8) is 0 Å². The Kier molecular flexibility index (Phi) is 2.91. The number of hydrogen-bond acceptors (Lipinski definition) is 4. The molecular formula is C16H20O4. The molecule has 0 bridgehead atoms. The molecule has 0 aromatic rings. The first kappa shape index (κ1) is 13.6. The SMILES string of the molecule is C=CCC1=C(C)[C@H](O[C@@H]2OC(=O)C3C2C3(C)C)CC1=O. The number of cyclic esters (lactones) is 1. The minimum absolute atomic E-state index is 0.0375. The van der Waals surface area contributed by atoms with Gasteiger partial charge in [-0.3, -0.25) is 9.59 Å². The van der Waals surface area contributed by atoms with Crippen LogP contribution in [0, 0.1) is 17.3 Å². The molecule has 2 aliphatic carbocycles. The molecule has 20 heavy (non-hydrogen) atoms. The highest BCUT2D eigenvalue weighted by atomic mass is 16.7. The Bertz CT molecular complexity index is 529. The van der Waals surface area contributed by atoms with Gasteiger partial charge in [-0.05, 0) is 24.3 Å². The minimum atomic E-state index is -0.502. The second kappa shape index (κ2) is 4.29. The van der Waals surface area contributed by atoms with E-state index in [0.29, 0.717) is 12.8 Å². The highest BCUT2D eigenvalue weighted by molar-refractivity contribution is 5.99. The van der Waals surface area contributed by atoms with Gasteiger partial charge in [0.1, 0.15) is 0 Å². The summed E-state index contributed by atoms with van der Waals surface area (Å²) in [6.45, 7) is 9.71. The van der Waals surface area contributed by atoms with Crippen LogP contribution in [-0.4, -0.2) is 24.1 Å². The Morgan fingerprint density at radius 3 is 2.70 bits per heavy atom. The second-order valence-electron chi connectivity index (χ2n) is 6.54. The molecule has 1 aliphatic heterocycles. The van der Waals surface area contributed by atoms with Crippen LogP contribution in [0.2, 0.25) is 0 Å². The molecular weight excluding hydrogens is 256 g/mol. The van der Waals surface area contributed by atoms with Crippen LogP contribution in [0.4, 0.5) is 0 Å². The van der Waals surface area contributed by atoms with Crippen LogP contribution in [0.25, 0.3) is 0 Å². The van der Waals surface area contributed by atoms with Crippen molar-refractivity contribution in [1.82, 2.24) is 0 Å². The average Bonchev–Trinajstić information content (AvgIpc) is 2.61. The summed E-state index contributed by atoms with van der Waals surface area (Å²) < 4.78 is 11.2. The van der Waals surface area contributed by atoms with Crippen molar-refractivity contribution in [3.05, 3.63) is 23.8 Å². The van der Waals surface area contributed by atoms with E-state index >= 15 is 0 Å². The normalized spacial score (nSPS) is 38.0. The first-order valence-electron chi connectivity index (χ1n) is 7.07. The molecule has 2 fully saturated rings. The van der Waals surface area contributed by atoms with E-state index in [0.717, 1.165) is 11.1 Å². The number of Topliss-reactive ketones (excluding diaryl/α,β-unsaturated/α-hetero) is 1. The van der Waals surface area contributed by atoms with Gasteiger partial charge < -0.3 is 9.47 Å². The van der Waals surface area contributed by atoms with Gasteiger partial charge in [-0.2, -0.15) is 0 Å². The van der Waals surface area contributed by atoms with Crippen LogP contribution in [0.3, 0.4) is 0 Å². The average molecular weight is 276 g/mol. The Hall–Kier alpha value is -1.42. The summed E-state index contributed by atoms with van der Waals surface area (Å²) in [5.74, 6) is 0.0356. The molecule has 0 radical (unpaired) electrons. The Balaban J connectivity index is 1.73. The molecule has 0 N–H and O–H groups in total. The van der Waals surface area contributed by atoms with Crippen LogP contribution in [-0.2, 0) is 19.1 Å². The van der Waals surface area contributed by atoms with Crippen molar-refractivity contribution in [2.24, 2.45) is 17.3 Å². The van der Waals surface area contributed by atoms with Crippen LogP contribution >= 0.6 is 0 Å². The molecule has 0 spiro atoms. The van der Waals surface area contributed by atoms with Crippen LogP contribution in [0.15, 0.2) is 23.8 Å². The van der Waals surface area contributed by atoms with E-state index in [1.807, 2.05) is 6.92 Å². The van der Waals surface area contributed by atoms with Crippen molar-refractivity contribution >= 4 is 11.8 Å². The number of allylic oxidation sites excluding steroid dienone is 2. The van der Waals surface area contributed by atoms with Gasteiger partial charge in [0.05, 0.1) is 12.0 Å². The van der Waals surface area contributed by atoms with Crippen molar-refractivity contribution in [3.8, 4) is 0 Å². The molecule has 3 aliphatic rings. The summed E-state index contributed by atoms with van der Waals surface area (Å²) in [7, 11) is 0.